The van der Waals surface area contributed by atoms with Crippen molar-refractivity contribution in [2.75, 3.05) is 0 Å². The number of hydrogen-bond acceptors (Lipinski definition) is 1. The van der Waals surface area contributed by atoms with Crippen LogP contribution in [0.3, 0.4) is 0 Å². The predicted molar refractivity (Wildman–Crippen MR) is 55.2 cm³/mol. The molecule has 0 aromatic heterocycles. The summed E-state index contributed by atoms with van der Waals surface area (Å²) in [4.78, 5) is 0. The molecule has 0 heterocycles. The highest BCUT2D eigenvalue weighted by molar-refractivity contribution is 5.32. The molecule has 0 saturated carbocycles. The van der Waals surface area contributed by atoms with Gasteiger partial charge in [-0.05, 0) is 19.3 Å². The van der Waals surface area contributed by atoms with Crippen LogP contribution >= 0.6 is 0 Å². The van der Waals surface area contributed by atoms with Gasteiger partial charge in [-0.15, -0.1) is 0 Å². The fraction of sp³-hybridized carbons (Fsp3) is 0.333. The lowest BCUT2D eigenvalue weighted by Crippen LogP contribution is -2.16. The topological polar surface area (TPSA) is 26.0 Å². The number of halogens is 3. The van der Waals surface area contributed by atoms with Gasteiger partial charge < -0.3 is 5.73 Å². The van der Waals surface area contributed by atoms with Crippen LogP contribution in [0, 0.1) is 17.5 Å². The summed E-state index contributed by atoms with van der Waals surface area (Å²) in [6.07, 6.45) is 4.48. The van der Waals surface area contributed by atoms with Crippen LogP contribution in [0.15, 0.2) is 23.8 Å². The first-order valence-corrected chi connectivity index (χ1v) is 5.18. The van der Waals surface area contributed by atoms with E-state index in [-0.39, 0.29) is 5.56 Å². The van der Waals surface area contributed by atoms with Gasteiger partial charge in [0.15, 0.2) is 0 Å². The first kappa shape index (κ1) is 11.2. The quantitative estimate of drug-likeness (QED) is 0.771. The Kier molecular flexibility index (Phi) is 3.01. The number of hydrogen-bond donors (Lipinski definition) is 1. The summed E-state index contributed by atoms with van der Waals surface area (Å²) in [6, 6.07) is 0.518. The van der Waals surface area contributed by atoms with E-state index in [1.807, 2.05) is 6.08 Å². The van der Waals surface area contributed by atoms with Crippen molar-refractivity contribution >= 4 is 0 Å². The molecule has 1 aromatic rings. The van der Waals surface area contributed by atoms with E-state index in [4.69, 9.17) is 5.73 Å². The molecular formula is C12H12F3N. The second-order valence-electron chi connectivity index (χ2n) is 3.93. The van der Waals surface area contributed by atoms with E-state index in [1.165, 1.54) is 0 Å². The second kappa shape index (κ2) is 4.29. The molecule has 1 atom stereocenters. The Hall–Kier alpha value is -1.29. The van der Waals surface area contributed by atoms with Gasteiger partial charge in [-0.25, -0.2) is 13.2 Å². The molecule has 1 unspecified atom stereocenters. The lowest BCUT2D eigenvalue weighted by molar-refractivity contribution is 0.512. The summed E-state index contributed by atoms with van der Waals surface area (Å²) in [5.41, 5.74) is 6.36. The van der Waals surface area contributed by atoms with Crippen LogP contribution < -0.4 is 5.73 Å². The van der Waals surface area contributed by atoms with E-state index in [9.17, 15) is 13.2 Å². The maximum atomic E-state index is 13.4. The summed E-state index contributed by atoms with van der Waals surface area (Å²) < 4.78 is 39.6. The van der Waals surface area contributed by atoms with Crippen molar-refractivity contribution in [1.82, 2.24) is 0 Å². The van der Waals surface area contributed by atoms with Crippen molar-refractivity contribution in [3.8, 4) is 0 Å². The lowest BCUT2D eigenvalue weighted by atomic mass is 9.98. The third-order valence-corrected chi connectivity index (χ3v) is 2.83. The van der Waals surface area contributed by atoms with Gasteiger partial charge in [0, 0.05) is 17.7 Å². The summed E-state index contributed by atoms with van der Waals surface area (Å²) >= 11 is 0. The molecule has 0 saturated heterocycles. The van der Waals surface area contributed by atoms with E-state index in [0.717, 1.165) is 24.8 Å². The molecule has 1 aliphatic carbocycles. The molecule has 0 bridgehead atoms. The Balaban J connectivity index is 2.39. The molecule has 0 spiro atoms. The normalized spacial score (nSPS) is 17.4. The molecular weight excluding hydrogens is 215 g/mol. The van der Waals surface area contributed by atoms with Crippen LogP contribution in [0.5, 0.6) is 0 Å². The van der Waals surface area contributed by atoms with E-state index in [0.29, 0.717) is 12.1 Å². The minimum Gasteiger partial charge on any atom is -0.320 e. The molecule has 4 heteroatoms. The Morgan fingerprint density at radius 3 is 2.25 bits per heavy atom. The minimum atomic E-state index is -0.925. The average molecular weight is 227 g/mol. The zero-order valence-corrected chi connectivity index (χ0v) is 8.64. The van der Waals surface area contributed by atoms with Crippen molar-refractivity contribution in [1.29, 1.82) is 0 Å². The first-order chi connectivity index (χ1) is 7.59. The monoisotopic (exact) mass is 227 g/mol. The molecule has 0 aliphatic heterocycles. The molecule has 0 amide bonds. The first-order valence-electron chi connectivity index (χ1n) is 5.18. The number of benzene rings is 1. The molecule has 0 radical (unpaired) electrons. The predicted octanol–water partition coefficient (Wildman–Crippen LogP) is 3.21. The highest BCUT2D eigenvalue weighted by Crippen LogP contribution is 2.31. The van der Waals surface area contributed by atoms with Gasteiger partial charge in [0.05, 0.1) is 6.04 Å². The summed E-state index contributed by atoms with van der Waals surface area (Å²) in [7, 11) is 0. The smallest absolute Gasteiger partial charge is 0.134 e. The van der Waals surface area contributed by atoms with Crippen LogP contribution in [-0.2, 0) is 0 Å². The molecule has 1 aromatic carbocycles. The zero-order chi connectivity index (χ0) is 11.7. The lowest BCUT2D eigenvalue weighted by Gasteiger charge is -2.15. The molecule has 0 fully saturated rings. The van der Waals surface area contributed by atoms with Gasteiger partial charge in [0.1, 0.15) is 17.5 Å². The van der Waals surface area contributed by atoms with E-state index < -0.39 is 23.5 Å². The van der Waals surface area contributed by atoms with Crippen LogP contribution in [-0.4, -0.2) is 0 Å². The number of nitrogens with two attached hydrogens (primary N) is 1. The fourth-order valence-corrected chi connectivity index (χ4v) is 2.01. The van der Waals surface area contributed by atoms with Crippen molar-refractivity contribution in [3.63, 3.8) is 0 Å². The molecule has 16 heavy (non-hydrogen) atoms. The fourth-order valence-electron chi connectivity index (χ4n) is 2.01. The van der Waals surface area contributed by atoms with Gasteiger partial charge in [0.2, 0.25) is 0 Å². The molecule has 1 nitrogen and oxygen atoms in total. The van der Waals surface area contributed by atoms with Crippen LogP contribution in [0.2, 0.25) is 0 Å². The van der Waals surface area contributed by atoms with Crippen LogP contribution in [0.1, 0.15) is 30.9 Å². The van der Waals surface area contributed by atoms with Crippen LogP contribution in [0.4, 0.5) is 13.2 Å². The Labute approximate surface area is 91.8 Å². The second-order valence-corrected chi connectivity index (χ2v) is 3.93. The molecule has 86 valence electrons. The molecule has 1 aliphatic rings. The van der Waals surface area contributed by atoms with Gasteiger partial charge in [-0.2, -0.15) is 0 Å². The van der Waals surface area contributed by atoms with Crippen molar-refractivity contribution in [3.05, 3.63) is 46.8 Å². The standard InChI is InChI=1S/C12H12F3N/c13-8-5-9(14)11(10(15)6-8)12(16)7-3-1-2-4-7/h3,5-6,12H,1-2,4,16H2. The third-order valence-electron chi connectivity index (χ3n) is 2.83. The Bertz CT molecular complexity index is 417. The van der Waals surface area contributed by atoms with Gasteiger partial charge in [-0.1, -0.05) is 11.6 Å². The zero-order valence-electron chi connectivity index (χ0n) is 8.64. The van der Waals surface area contributed by atoms with Crippen molar-refractivity contribution < 1.29 is 13.2 Å². The maximum Gasteiger partial charge on any atom is 0.134 e. The van der Waals surface area contributed by atoms with E-state index in [2.05, 4.69) is 0 Å². The highest BCUT2D eigenvalue weighted by Gasteiger charge is 2.22. The maximum absolute atomic E-state index is 13.4. The van der Waals surface area contributed by atoms with Gasteiger partial charge >= 0.3 is 0 Å². The van der Waals surface area contributed by atoms with Gasteiger partial charge in [0.25, 0.3) is 0 Å². The van der Waals surface area contributed by atoms with Crippen molar-refractivity contribution in [2.45, 2.75) is 25.3 Å². The Morgan fingerprint density at radius 1 is 1.12 bits per heavy atom. The largest absolute Gasteiger partial charge is 0.320 e. The number of rotatable bonds is 2. The Morgan fingerprint density at radius 2 is 1.75 bits per heavy atom. The molecule has 2 rings (SSSR count). The number of allylic oxidation sites excluding steroid dienone is 1. The molecule has 2 N–H and O–H groups in total. The minimum absolute atomic E-state index is 0.241. The third kappa shape index (κ3) is 1.97. The van der Waals surface area contributed by atoms with E-state index >= 15 is 0 Å². The summed E-state index contributed by atoms with van der Waals surface area (Å²) in [5, 5.41) is 0. The van der Waals surface area contributed by atoms with Crippen molar-refractivity contribution in [2.24, 2.45) is 5.73 Å². The van der Waals surface area contributed by atoms with Crippen LogP contribution in [0.25, 0.3) is 0 Å². The summed E-state index contributed by atoms with van der Waals surface area (Å²) in [6.45, 7) is 0. The summed E-state index contributed by atoms with van der Waals surface area (Å²) in [5.74, 6) is -2.76. The van der Waals surface area contributed by atoms with Gasteiger partial charge in [-0.3, -0.25) is 0 Å². The SMILES string of the molecule is NC(C1=CCCC1)c1c(F)cc(F)cc1F. The highest BCUT2D eigenvalue weighted by atomic mass is 19.1. The van der Waals surface area contributed by atoms with E-state index in [1.54, 1.807) is 0 Å². The average Bonchev–Trinajstić information content (AvgIpc) is 2.67.